The average molecular weight is 267 g/mol. The molecular weight excluding hydrogens is 246 g/mol. The molecule has 5 nitrogen and oxygen atoms in total. The number of carbonyl (C=O) groups is 1. The molecule has 1 heterocycles. The van der Waals surface area contributed by atoms with Gasteiger partial charge < -0.3 is 14.0 Å². The highest BCUT2D eigenvalue weighted by Gasteiger charge is 2.18. The van der Waals surface area contributed by atoms with Crippen molar-refractivity contribution in [3.8, 4) is 0 Å². The fraction of sp³-hybridized carbons (Fsp3) is 0.571. The lowest BCUT2D eigenvalue weighted by Crippen LogP contribution is -2.30. The number of carbonyl (C=O) groups excluding carboxylic acids is 1. The Kier molecular flexibility index (Phi) is 5.30. The van der Waals surface area contributed by atoms with Gasteiger partial charge in [-0.15, -0.1) is 0 Å². The highest BCUT2D eigenvalue weighted by Crippen LogP contribution is 2.13. The monoisotopic (exact) mass is 267 g/mol. The number of esters is 1. The van der Waals surface area contributed by atoms with Crippen molar-refractivity contribution < 1.29 is 14.3 Å². The van der Waals surface area contributed by atoms with Crippen LogP contribution < -0.4 is 5.56 Å². The molecule has 1 atom stereocenters. The predicted molar refractivity (Wildman–Crippen MR) is 72.6 cm³/mol. The lowest BCUT2D eigenvalue weighted by atomic mass is 10.1. The van der Waals surface area contributed by atoms with Gasteiger partial charge >= 0.3 is 5.97 Å². The number of aryl methyl sites for hydroxylation is 1. The Hall–Kier alpha value is -1.62. The number of hydrogen-bond donors (Lipinski definition) is 0. The van der Waals surface area contributed by atoms with Crippen LogP contribution in [-0.2, 0) is 16.0 Å². The smallest absolute Gasteiger partial charge is 0.340 e. The van der Waals surface area contributed by atoms with Crippen molar-refractivity contribution in [2.45, 2.75) is 40.3 Å². The van der Waals surface area contributed by atoms with E-state index in [1.54, 1.807) is 32.4 Å². The first-order chi connectivity index (χ1) is 8.92. The van der Waals surface area contributed by atoms with E-state index in [0.29, 0.717) is 30.0 Å². The van der Waals surface area contributed by atoms with Crippen molar-refractivity contribution in [3.05, 3.63) is 33.2 Å². The highest BCUT2D eigenvalue weighted by molar-refractivity contribution is 5.92. The van der Waals surface area contributed by atoms with Crippen LogP contribution in [0.15, 0.2) is 10.9 Å². The van der Waals surface area contributed by atoms with E-state index in [-0.39, 0.29) is 11.7 Å². The SMILES string of the molecule is CCOC(=O)c1c(C)cc(=O)n(CC(C)OC)c1C. The third kappa shape index (κ3) is 3.44. The minimum Gasteiger partial charge on any atom is -0.462 e. The summed E-state index contributed by atoms with van der Waals surface area (Å²) in [7, 11) is 1.59. The van der Waals surface area contributed by atoms with Gasteiger partial charge in [-0.2, -0.15) is 0 Å². The Bertz CT molecular complexity index is 519. The van der Waals surface area contributed by atoms with Crippen molar-refractivity contribution in [2.75, 3.05) is 13.7 Å². The van der Waals surface area contributed by atoms with Crippen molar-refractivity contribution in [1.82, 2.24) is 4.57 Å². The molecule has 1 unspecified atom stereocenters. The molecule has 0 aliphatic carbocycles. The summed E-state index contributed by atoms with van der Waals surface area (Å²) >= 11 is 0. The molecule has 106 valence electrons. The summed E-state index contributed by atoms with van der Waals surface area (Å²) in [6.45, 7) is 7.84. The van der Waals surface area contributed by atoms with Gasteiger partial charge in [-0.1, -0.05) is 0 Å². The Labute approximate surface area is 113 Å². The molecule has 0 radical (unpaired) electrons. The van der Waals surface area contributed by atoms with Gasteiger partial charge in [-0.05, 0) is 33.3 Å². The van der Waals surface area contributed by atoms with Crippen LogP contribution in [-0.4, -0.2) is 30.4 Å². The topological polar surface area (TPSA) is 57.5 Å². The maximum atomic E-state index is 12.0. The van der Waals surface area contributed by atoms with Crippen molar-refractivity contribution in [2.24, 2.45) is 0 Å². The molecule has 1 rings (SSSR count). The van der Waals surface area contributed by atoms with E-state index >= 15 is 0 Å². The Balaban J connectivity index is 3.30. The lowest BCUT2D eigenvalue weighted by Gasteiger charge is -2.18. The third-order valence-electron chi connectivity index (χ3n) is 3.09. The van der Waals surface area contributed by atoms with Crippen molar-refractivity contribution in [3.63, 3.8) is 0 Å². The normalized spacial score (nSPS) is 12.3. The van der Waals surface area contributed by atoms with Gasteiger partial charge in [0.15, 0.2) is 0 Å². The summed E-state index contributed by atoms with van der Waals surface area (Å²) in [6, 6.07) is 1.46. The minimum absolute atomic E-state index is 0.103. The molecule has 0 bridgehead atoms. The number of hydrogen-bond acceptors (Lipinski definition) is 4. The van der Waals surface area contributed by atoms with Gasteiger partial charge in [0.25, 0.3) is 5.56 Å². The molecule has 19 heavy (non-hydrogen) atoms. The molecule has 0 aromatic carbocycles. The van der Waals surface area contributed by atoms with Gasteiger partial charge in [0.2, 0.25) is 0 Å². The fourth-order valence-corrected chi connectivity index (χ4v) is 1.99. The number of pyridine rings is 1. The quantitative estimate of drug-likeness (QED) is 0.762. The first-order valence-corrected chi connectivity index (χ1v) is 6.33. The van der Waals surface area contributed by atoms with Crippen LogP contribution in [0.1, 0.15) is 35.5 Å². The molecule has 1 aromatic rings. The Morgan fingerprint density at radius 1 is 1.42 bits per heavy atom. The van der Waals surface area contributed by atoms with E-state index in [1.807, 2.05) is 6.92 Å². The van der Waals surface area contributed by atoms with Gasteiger partial charge in [0.05, 0.1) is 24.8 Å². The summed E-state index contributed by atoms with van der Waals surface area (Å²) in [5.74, 6) is -0.392. The molecule has 0 fully saturated rings. The van der Waals surface area contributed by atoms with Crippen LogP contribution in [0.3, 0.4) is 0 Å². The zero-order chi connectivity index (χ0) is 14.6. The molecule has 0 saturated carbocycles. The standard InChI is InChI=1S/C14H21NO4/c1-6-19-14(17)13-9(2)7-12(16)15(11(13)4)8-10(3)18-5/h7,10H,6,8H2,1-5H3. The van der Waals surface area contributed by atoms with Crippen LogP contribution in [0.25, 0.3) is 0 Å². The second-order valence-electron chi connectivity index (χ2n) is 4.50. The lowest BCUT2D eigenvalue weighted by molar-refractivity contribution is 0.0521. The summed E-state index contributed by atoms with van der Waals surface area (Å²) in [4.78, 5) is 23.9. The number of nitrogens with zero attached hydrogens (tertiary/aromatic N) is 1. The van der Waals surface area contributed by atoms with Crippen LogP contribution in [0.2, 0.25) is 0 Å². The maximum Gasteiger partial charge on any atom is 0.340 e. The van der Waals surface area contributed by atoms with Crippen molar-refractivity contribution in [1.29, 1.82) is 0 Å². The molecule has 0 aliphatic rings. The molecule has 0 spiro atoms. The Morgan fingerprint density at radius 3 is 2.58 bits per heavy atom. The van der Waals surface area contributed by atoms with Gasteiger partial charge in [0.1, 0.15) is 0 Å². The molecule has 0 N–H and O–H groups in total. The van der Waals surface area contributed by atoms with Gasteiger partial charge in [-0.3, -0.25) is 4.79 Å². The molecule has 1 aromatic heterocycles. The number of methoxy groups -OCH3 is 1. The van der Waals surface area contributed by atoms with Gasteiger partial charge in [0, 0.05) is 18.9 Å². The molecule has 5 heteroatoms. The van der Waals surface area contributed by atoms with Crippen LogP contribution in [0.4, 0.5) is 0 Å². The zero-order valence-corrected chi connectivity index (χ0v) is 12.1. The van der Waals surface area contributed by atoms with E-state index in [9.17, 15) is 9.59 Å². The highest BCUT2D eigenvalue weighted by atomic mass is 16.5. The fourth-order valence-electron chi connectivity index (χ4n) is 1.99. The average Bonchev–Trinajstić information content (AvgIpc) is 2.34. The summed E-state index contributed by atoms with van der Waals surface area (Å²) in [5, 5.41) is 0. The second-order valence-corrected chi connectivity index (χ2v) is 4.50. The Morgan fingerprint density at radius 2 is 2.05 bits per heavy atom. The summed E-state index contributed by atoms with van der Waals surface area (Å²) < 4.78 is 11.7. The minimum atomic E-state index is -0.392. The van der Waals surface area contributed by atoms with Crippen LogP contribution >= 0.6 is 0 Å². The molecule has 0 saturated heterocycles. The van der Waals surface area contributed by atoms with Crippen LogP contribution in [0.5, 0.6) is 0 Å². The number of aromatic nitrogens is 1. The van der Waals surface area contributed by atoms with E-state index in [0.717, 1.165) is 0 Å². The third-order valence-corrected chi connectivity index (χ3v) is 3.09. The van der Waals surface area contributed by atoms with Crippen LogP contribution in [0, 0.1) is 13.8 Å². The first kappa shape index (κ1) is 15.4. The maximum absolute atomic E-state index is 12.0. The van der Waals surface area contributed by atoms with Crippen molar-refractivity contribution >= 4 is 5.97 Å². The second kappa shape index (κ2) is 6.52. The zero-order valence-electron chi connectivity index (χ0n) is 12.1. The van der Waals surface area contributed by atoms with E-state index < -0.39 is 5.97 Å². The summed E-state index contributed by atoms with van der Waals surface area (Å²) in [5.41, 5.74) is 1.59. The van der Waals surface area contributed by atoms with E-state index in [4.69, 9.17) is 9.47 Å². The number of rotatable bonds is 5. The number of ether oxygens (including phenoxy) is 2. The predicted octanol–water partition coefficient (Wildman–Crippen LogP) is 1.68. The largest absolute Gasteiger partial charge is 0.462 e. The van der Waals surface area contributed by atoms with E-state index in [1.165, 1.54) is 6.07 Å². The van der Waals surface area contributed by atoms with E-state index in [2.05, 4.69) is 0 Å². The molecular formula is C14H21NO4. The van der Waals surface area contributed by atoms with Gasteiger partial charge in [-0.25, -0.2) is 4.79 Å². The molecule has 0 amide bonds. The summed E-state index contributed by atoms with van der Waals surface area (Å²) in [6.07, 6.45) is -0.103. The first-order valence-electron chi connectivity index (χ1n) is 6.33. The molecule has 0 aliphatic heterocycles.